The maximum absolute atomic E-state index is 11.6. The summed E-state index contributed by atoms with van der Waals surface area (Å²) >= 11 is 0. The van der Waals surface area contributed by atoms with Crippen molar-refractivity contribution in [1.82, 2.24) is 0 Å². The van der Waals surface area contributed by atoms with Crippen LogP contribution in [-0.2, 0) is 9.53 Å². The Labute approximate surface area is 107 Å². The third kappa shape index (κ3) is 1.65. The Bertz CT molecular complexity index is 474. The third-order valence-electron chi connectivity index (χ3n) is 4.47. The normalized spacial score (nSPS) is 46.0. The van der Waals surface area contributed by atoms with Gasteiger partial charge in [-0.3, -0.25) is 0 Å². The van der Waals surface area contributed by atoms with Gasteiger partial charge in [-0.15, -0.1) is 0 Å². The van der Waals surface area contributed by atoms with Crippen LogP contribution >= 0.6 is 0 Å². The van der Waals surface area contributed by atoms with E-state index in [4.69, 9.17) is 4.74 Å². The highest BCUT2D eigenvalue weighted by molar-refractivity contribution is 5.91. The minimum absolute atomic E-state index is 0.318. The molecule has 0 spiro atoms. The zero-order valence-electron chi connectivity index (χ0n) is 10.6. The van der Waals surface area contributed by atoms with E-state index in [9.17, 15) is 9.90 Å². The van der Waals surface area contributed by atoms with Crippen molar-refractivity contribution in [2.45, 2.75) is 32.0 Å². The number of carbonyl (C=O) groups is 1. The molecule has 2 fully saturated rings. The van der Waals surface area contributed by atoms with Gasteiger partial charge in [-0.2, -0.15) is 0 Å². The molecule has 0 bridgehead atoms. The monoisotopic (exact) mass is 246 g/mol. The van der Waals surface area contributed by atoms with E-state index in [1.54, 1.807) is 0 Å². The van der Waals surface area contributed by atoms with E-state index in [2.05, 4.69) is 20.1 Å². The van der Waals surface area contributed by atoms with Crippen LogP contribution < -0.4 is 0 Å². The Kier molecular flexibility index (Phi) is 2.49. The molecule has 0 unspecified atom stereocenters. The molecule has 2 aliphatic carbocycles. The van der Waals surface area contributed by atoms with Crippen molar-refractivity contribution in [3.8, 4) is 0 Å². The number of aliphatic hydroxyl groups excluding tert-OH is 1. The van der Waals surface area contributed by atoms with Gasteiger partial charge in [0, 0.05) is 5.57 Å². The number of aliphatic hydroxyl groups is 1. The summed E-state index contributed by atoms with van der Waals surface area (Å²) in [5.74, 6) is 0.322. The number of allylic oxidation sites excluding steroid dienone is 1. The molecular formula is C15H18O3. The molecule has 0 amide bonds. The van der Waals surface area contributed by atoms with E-state index < -0.39 is 6.10 Å². The first kappa shape index (κ1) is 11.7. The smallest absolute Gasteiger partial charge is 0.334 e. The fourth-order valence-corrected chi connectivity index (χ4v) is 3.27. The maximum Gasteiger partial charge on any atom is 0.334 e. The van der Waals surface area contributed by atoms with Gasteiger partial charge >= 0.3 is 5.97 Å². The predicted molar refractivity (Wildman–Crippen MR) is 67.6 cm³/mol. The van der Waals surface area contributed by atoms with Gasteiger partial charge in [0.1, 0.15) is 6.10 Å². The van der Waals surface area contributed by atoms with Crippen LogP contribution in [0.4, 0.5) is 0 Å². The summed E-state index contributed by atoms with van der Waals surface area (Å²) in [7, 11) is 0. The minimum Gasteiger partial charge on any atom is -0.454 e. The van der Waals surface area contributed by atoms with E-state index in [1.807, 2.05) is 6.08 Å². The van der Waals surface area contributed by atoms with E-state index in [0.29, 0.717) is 23.8 Å². The highest BCUT2D eigenvalue weighted by Crippen LogP contribution is 2.51. The molecule has 1 heterocycles. The molecule has 1 saturated heterocycles. The molecule has 3 nitrogen and oxygen atoms in total. The molecule has 3 heteroatoms. The molecule has 0 radical (unpaired) electrons. The number of rotatable bonds is 0. The number of hydrogen-bond acceptors (Lipinski definition) is 3. The third-order valence-corrected chi connectivity index (χ3v) is 4.47. The number of fused-ring (bicyclic) bond motifs is 2. The number of hydrogen-bond donors (Lipinski definition) is 1. The Hall–Kier alpha value is -1.35. The highest BCUT2D eigenvalue weighted by atomic mass is 16.6. The predicted octanol–water partition coefficient (Wildman–Crippen LogP) is 1.99. The average Bonchev–Trinajstić information content (AvgIpc) is 3.02. The topological polar surface area (TPSA) is 46.5 Å². The molecule has 1 N–H and O–H groups in total. The maximum atomic E-state index is 11.6. The molecular weight excluding hydrogens is 228 g/mol. The lowest BCUT2D eigenvalue weighted by molar-refractivity contribution is -0.137. The summed E-state index contributed by atoms with van der Waals surface area (Å²) in [5, 5.41) is 10.3. The second-order valence-corrected chi connectivity index (χ2v) is 5.71. The summed E-state index contributed by atoms with van der Waals surface area (Å²) in [5.41, 5.74) is 2.72. The van der Waals surface area contributed by atoms with Crippen molar-refractivity contribution >= 4 is 5.97 Å². The van der Waals surface area contributed by atoms with Crippen LogP contribution in [0.3, 0.4) is 0 Å². The first-order valence-electron chi connectivity index (χ1n) is 6.43. The van der Waals surface area contributed by atoms with Crippen LogP contribution in [0.1, 0.15) is 19.8 Å². The van der Waals surface area contributed by atoms with Crippen molar-refractivity contribution in [3.05, 3.63) is 36.0 Å². The molecule has 3 aliphatic rings. The van der Waals surface area contributed by atoms with E-state index >= 15 is 0 Å². The van der Waals surface area contributed by atoms with Crippen LogP contribution in [0.25, 0.3) is 0 Å². The first-order valence-corrected chi connectivity index (χ1v) is 6.43. The lowest BCUT2D eigenvalue weighted by atomic mass is 9.87. The van der Waals surface area contributed by atoms with Gasteiger partial charge in [-0.1, -0.05) is 24.3 Å². The molecule has 1 saturated carbocycles. The average molecular weight is 246 g/mol. The fourth-order valence-electron chi connectivity index (χ4n) is 3.27. The molecule has 0 aromatic heterocycles. The van der Waals surface area contributed by atoms with Gasteiger partial charge < -0.3 is 9.84 Å². The molecule has 18 heavy (non-hydrogen) atoms. The van der Waals surface area contributed by atoms with Gasteiger partial charge in [0.15, 0.2) is 0 Å². The Morgan fingerprint density at radius 1 is 1.39 bits per heavy atom. The lowest BCUT2D eigenvalue weighted by Gasteiger charge is -2.21. The second-order valence-electron chi connectivity index (χ2n) is 5.71. The SMILES string of the molecule is C=C1C(=O)O[C@@H]2/C=C(/C)[C@H]3C[C@@H]3C(=C)C[C@@H](O)[C@@H]12. The standard InChI is InChI=1S/C15H18O3/c1-7-4-12(16)14-9(3)15(17)18-13(14)5-8(2)11-6-10(7)11/h5,10-14,16H,1,3-4,6H2,2H3/b8-5-/t10-,11-,12-,13-,14-/m1/s1. The molecule has 0 aromatic carbocycles. The van der Waals surface area contributed by atoms with Crippen molar-refractivity contribution in [2.75, 3.05) is 0 Å². The van der Waals surface area contributed by atoms with Crippen LogP contribution in [0, 0.1) is 17.8 Å². The first-order chi connectivity index (χ1) is 8.49. The highest BCUT2D eigenvalue weighted by Gasteiger charge is 2.47. The minimum atomic E-state index is -0.621. The lowest BCUT2D eigenvalue weighted by Crippen LogP contribution is -2.28. The number of carbonyl (C=O) groups excluding carboxylic acids is 1. The van der Waals surface area contributed by atoms with E-state index in [-0.39, 0.29) is 18.0 Å². The second kappa shape index (κ2) is 3.82. The van der Waals surface area contributed by atoms with Crippen LogP contribution in [0.2, 0.25) is 0 Å². The zero-order chi connectivity index (χ0) is 13.0. The van der Waals surface area contributed by atoms with Gasteiger partial charge in [0.05, 0.1) is 12.0 Å². The molecule has 3 rings (SSSR count). The Morgan fingerprint density at radius 3 is 2.83 bits per heavy atom. The number of esters is 1. The summed E-state index contributed by atoms with van der Waals surface area (Å²) in [4.78, 5) is 11.6. The van der Waals surface area contributed by atoms with Crippen molar-refractivity contribution in [2.24, 2.45) is 17.8 Å². The Morgan fingerprint density at radius 2 is 2.11 bits per heavy atom. The summed E-state index contributed by atoms with van der Waals surface area (Å²) in [6, 6.07) is 0. The van der Waals surface area contributed by atoms with Crippen molar-refractivity contribution in [3.63, 3.8) is 0 Å². The Balaban J connectivity index is 1.98. The van der Waals surface area contributed by atoms with Gasteiger partial charge in [0.2, 0.25) is 0 Å². The van der Waals surface area contributed by atoms with Crippen LogP contribution in [0.15, 0.2) is 36.0 Å². The molecule has 1 aliphatic heterocycles. The van der Waals surface area contributed by atoms with Gasteiger partial charge in [-0.05, 0) is 37.7 Å². The van der Waals surface area contributed by atoms with Crippen LogP contribution in [-0.4, -0.2) is 23.3 Å². The van der Waals surface area contributed by atoms with Gasteiger partial charge in [-0.25, -0.2) is 4.79 Å². The summed E-state index contributed by atoms with van der Waals surface area (Å²) in [6.45, 7) is 9.91. The zero-order valence-corrected chi connectivity index (χ0v) is 10.6. The van der Waals surface area contributed by atoms with E-state index in [1.165, 1.54) is 5.57 Å². The van der Waals surface area contributed by atoms with Crippen molar-refractivity contribution in [1.29, 1.82) is 0 Å². The van der Waals surface area contributed by atoms with Gasteiger partial charge in [0.25, 0.3) is 0 Å². The van der Waals surface area contributed by atoms with Crippen LogP contribution in [0.5, 0.6) is 0 Å². The summed E-state index contributed by atoms with van der Waals surface area (Å²) in [6.07, 6.45) is 2.67. The summed E-state index contributed by atoms with van der Waals surface area (Å²) < 4.78 is 5.31. The number of ether oxygens (including phenoxy) is 1. The quantitative estimate of drug-likeness (QED) is 0.404. The largest absolute Gasteiger partial charge is 0.454 e. The molecule has 5 atom stereocenters. The van der Waals surface area contributed by atoms with E-state index in [0.717, 1.165) is 12.0 Å². The fraction of sp³-hybridized carbons (Fsp3) is 0.533. The molecule has 0 aromatic rings. The molecule has 96 valence electrons. The van der Waals surface area contributed by atoms with Crippen molar-refractivity contribution < 1.29 is 14.6 Å².